The van der Waals surface area contributed by atoms with Crippen LogP contribution in [-0.4, -0.2) is 4.98 Å². The van der Waals surface area contributed by atoms with Gasteiger partial charge in [0.25, 0.3) is 0 Å². The van der Waals surface area contributed by atoms with Gasteiger partial charge in [-0.25, -0.2) is 4.98 Å². The van der Waals surface area contributed by atoms with Gasteiger partial charge in [-0.2, -0.15) is 0 Å². The Morgan fingerprint density at radius 3 is 2.58 bits per heavy atom. The molecular weight excluding hydrogens is 166 g/mol. The highest BCUT2D eigenvalue weighted by molar-refractivity contribution is 7.09. The van der Waals surface area contributed by atoms with Crippen LogP contribution in [0.25, 0.3) is 0 Å². The normalized spacial score (nSPS) is 12.0. The first-order valence-corrected chi connectivity index (χ1v) is 5.32. The van der Waals surface area contributed by atoms with Crippen molar-refractivity contribution in [2.24, 2.45) is 5.41 Å². The average Bonchev–Trinajstić information content (AvgIpc) is 2.35. The van der Waals surface area contributed by atoms with Crippen molar-refractivity contribution in [3.8, 4) is 0 Å². The smallest absolute Gasteiger partial charge is 0.0897 e. The van der Waals surface area contributed by atoms with Gasteiger partial charge in [-0.1, -0.05) is 27.2 Å². The fraction of sp³-hybridized carbons (Fsp3) is 0.700. The lowest BCUT2D eigenvalue weighted by atomic mass is 9.85. The molecule has 0 spiro atoms. The van der Waals surface area contributed by atoms with Crippen LogP contribution in [0.15, 0.2) is 5.38 Å². The molecule has 0 fully saturated rings. The molecule has 1 nitrogen and oxygen atoms in total. The summed E-state index contributed by atoms with van der Waals surface area (Å²) in [6.07, 6.45) is 2.32. The molecule has 1 aromatic rings. The van der Waals surface area contributed by atoms with E-state index in [1.54, 1.807) is 11.3 Å². The standard InChI is InChI=1S/C10H17NS/c1-5-10(3,4)6-9-7-12-8(2)11-9/h7H,5-6H2,1-4H3. The molecule has 0 unspecified atom stereocenters. The number of nitrogens with zero attached hydrogens (tertiary/aromatic N) is 1. The van der Waals surface area contributed by atoms with Gasteiger partial charge in [-0.3, -0.25) is 0 Å². The Kier molecular flexibility index (Phi) is 2.89. The minimum atomic E-state index is 0.403. The van der Waals surface area contributed by atoms with Gasteiger partial charge >= 0.3 is 0 Å². The number of aromatic nitrogens is 1. The van der Waals surface area contributed by atoms with Gasteiger partial charge in [0.15, 0.2) is 0 Å². The van der Waals surface area contributed by atoms with Crippen molar-refractivity contribution >= 4 is 11.3 Å². The molecule has 1 aromatic heterocycles. The molecule has 2 heteroatoms. The fourth-order valence-corrected chi connectivity index (χ4v) is 1.72. The molecular formula is C10H17NS. The Morgan fingerprint density at radius 2 is 2.17 bits per heavy atom. The van der Waals surface area contributed by atoms with Crippen molar-refractivity contribution in [2.75, 3.05) is 0 Å². The second kappa shape index (κ2) is 3.56. The summed E-state index contributed by atoms with van der Waals surface area (Å²) in [5.41, 5.74) is 1.66. The third-order valence-electron chi connectivity index (χ3n) is 2.28. The summed E-state index contributed by atoms with van der Waals surface area (Å²) in [4.78, 5) is 4.46. The number of hydrogen-bond donors (Lipinski definition) is 0. The Morgan fingerprint density at radius 1 is 1.50 bits per heavy atom. The second-order valence-corrected chi connectivity index (χ2v) is 5.11. The van der Waals surface area contributed by atoms with Crippen molar-refractivity contribution in [3.63, 3.8) is 0 Å². The molecule has 0 aliphatic heterocycles. The van der Waals surface area contributed by atoms with Gasteiger partial charge in [0.05, 0.1) is 10.7 Å². The minimum Gasteiger partial charge on any atom is -0.247 e. The average molecular weight is 183 g/mol. The van der Waals surface area contributed by atoms with Crippen LogP contribution in [0.4, 0.5) is 0 Å². The van der Waals surface area contributed by atoms with E-state index < -0.39 is 0 Å². The highest BCUT2D eigenvalue weighted by atomic mass is 32.1. The van der Waals surface area contributed by atoms with E-state index in [2.05, 4.69) is 38.1 Å². The second-order valence-electron chi connectivity index (χ2n) is 4.05. The van der Waals surface area contributed by atoms with E-state index in [1.807, 2.05) is 0 Å². The highest BCUT2D eigenvalue weighted by Crippen LogP contribution is 2.25. The molecule has 12 heavy (non-hydrogen) atoms. The Labute approximate surface area is 78.8 Å². The Balaban J connectivity index is 2.63. The van der Waals surface area contributed by atoms with E-state index in [9.17, 15) is 0 Å². The first-order chi connectivity index (χ1) is 5.53. The van der Waals surface area contributed by atoms with Gasteiger partial charge in [-0.15, -0.1) is 11.3 Å². The van der Waals surface area contributed by atoms with Gasteiger partial charge in [0, 0.05) is 5.38 Å². The summed E-state index contributed by atoms with van der Waals surface area (Å²) in [5.74, 6) is 0. The minimum absolute atomic E-state index is 0.403. The molecule has 0 N–H and O–H groups in total. The monoisotopic (exact) mass is 183 g/mol. The molecule has 1 rings (SSSR count). The van der Waals surface area contributed by atoms with Crippen LogP contribution < -0.4 is 0 Å². The Bertz CT molecular complexity index is 250. The molecule has 0 saturated carbocycles. The van der Waals surface area contributed by atoms with Gasteiger partial charge in [0.1, 0.15) is 0 Å². The summed E-state index contributed by atoms with van der Waals surface area (Å²) in [7, 11) is 0. The van der Waals surface area contributed by atoms with Crippen molar-refractivity contribution in [1.82, 2.24) is 4.98 Å². The Hall–Kier alpha value is -0.370. The van der Waals surface area contributed by atoms with Crippen LogP contribution in [0.3, 0.4) is 0 Å². The molecule has 0 atom stereocenters. The highest BCUT2D eigenvalue weighted by Gasteiger charge is 2.16. The van der Waals surface area contributed by atoms with Crippen LogP contribution in [-0.2, 0) is 6.42 Å². The number of aryl methyl sites for hydroxylation is 1. The maximum atomic E-state index is 4.46. The molecule has 0 bridgehead atoms. The fourth-order valence-electron chi connectivity index (χ4n) is 1.10. The zero-order chi connectivity index (χ0) is 9.19. The summed E-state index contributed by atoms with van der Waals surface area (Å²) in [6.45, 7) is 8.88. The summed E-state index contributed by atoms with van der Waals surface area (Å²) in [5, 5.41) is 3.35. The van der Waals surface area contributed by atoms with Gasteiger partial charge in [0.2, 0.25) is 0 Å². The third-order valence-corrected chi connectivity index (χ3v) is 3.11. The zero-order valence-electron chi connectivity index (χ0n) is 8.35. The van der Waals surface area contributed by atoms with Crippen LogP contribution in [0.2, 0.25) is 0 Å². The molecule has 0 aliphatic rings. The number of thiazole rings is 1. The molecule has 0 radical (unpaired) electrons. The molecule has 0 amide bonds. The van der Waals surface area contributed by atoms with Crippen LogP contribution in [0.1, 0.15) is 37.9 Å². The zero-order valence-corrected chi connectivity index (χ0v) is 9.16. The van der Waals surface area contributed by atoms with Crippen molar-refractivity contribution in [2.45, 2.75) is 40.5 Å². The lowest BCUT2D eigenvalue weighted by Crippen LogP contribution is -2.13. The van der Waals surface area contributed by atoms with Gasteiger partial charge < -0.3 is 0 Å². The predicted octanol–water partition coefficient (Wildman–Crippen LogP) is 3.43. The van der Waals surface area contributed by atoms with Gasteiger partial charge in [-0.05, 0) is 18.8 Å². The van der Waals surface area contributed by atoms with Crippen LogP contribution in [0.5, 0.6) is 0 Å². The third kappa shape index (κ3) is 2.59. The number of rotatable bonds is 3. The van der Waals surface area contributed by atoms with E-state index in [4.69, 9.17) is 0 Å². The number of hydrogen-bond acceptors (Lipinski definition) is 2. The summed E-state index contributed by atoms with van der Waals surface area (Å²) < 4.78 is 0. The predicted molar refractivity (Wildman–Crippen MR) is 54.6 cm³/mol. The van der Waals surface area contributed by atoms with Crippen molar-refractivity contribution < 1.29 is 0 Å². The van der Waals surface area contributed by atoms with E-state index >= 15 is 0 Å². The summed E-state index contributed by atoms with van der Waals surface area (Å²) >= 11 is 1.74. The molecule has 0 aliphatic carbocycles. The van der Waals surface area contributed by atoms with Crippen LogP contribution >= 0.6 is 11.3 Å². The van der Waals surface area contributed by atoms with E-state index in [-0.39, 0.29) is 0 Å². The first kappa shape index (κ1) is 9.72. The molecule has 68 valence electrons. The maximum absolute atomic E-state index is 4.46. The largest absolute Gasteiger partial charge is 0.247 e. The first-order valence-electron chi connectivity index (χ1n) is 4.44. The van der Waals surface area contributed by atoms with Crippen LogP contribution in [0, 0.1) is 12.3 Å². The SMILES string of the molecule is CCC(C)(C)Cc1csc(C)n1. The lowest BCUT2D eigenvalue weighted by Gasteiger charge is -2.20. The topological polar surface area (TPSA) is 12.9 Å². The van der Waals surface area contributed by atoms with E-state index in [0.29, 0.717) is 5.41 Å². The van der Waals surface area contributed by atoms with Crippen molar-refractivity contribution in [3.05, 3.63) is 16.1 Å². The van der Waals surface area contributed by atoms with E-state index in [0.717, 1.165) is 6.42 Å². The lowest BCUT2D eigenvalue weighted by molar-refractivity contribution is 0.346. The molecule has 0 saturated heterocycles. The quantitative estimate of drug-likeness (QED) is 0.699. The molecule has 0 aromatic carbocycles. The summed E-state index contributed by atoms with van der Waals surface area (Å²) in [6, 6.07) is 0. The maximum Gasteiger partial charge on any atom is 0.0897 e. The van der Waals surface area contributed by atoms with Crippen molar-refractivity contribution in [1.29, 1.82) is 0 Å². The van der Waals surface area contributed by atoms with E-state index in [1.165, 1.54) is 17.1 Å². The molecule has 1 heterocycles.